The van der Waals surface area contributed by atoms with E-state index in [1.807, 2.05) is 48.5 Å². The van der Waals surface area contributed by atoms with Gasteiger partial charge in [0.2, 0.25) is 5.91 Å². The van der Waals surface area contributed by atoms with Crippen LogP contribution < -0.4 is 10.6 Å². The van der Waals surface area contributed by atoms with Crippen molar-refractivity contribution in [2.24, 2.45) is 5.92 Å². The van der Waals surface area contributed by atoms with Gasteiger partial charge in [-0.3, -0.25) is 4.79 Å². The molecule has 3 aromatic carbocycles. The Morgan fingerprint density at radius 3 is 2.21 bits per heavy atom. The predicted molar refractivity (Wildman–Crippen MR) is 124 cm³/mol. The number of hydrogen-bond donors (Lipinski definition) is 3. The summed E-state index contributed by atoms with van der Waals surface area (Å²) in [6.45, 7) is 1.66. The number of ether oxygens (including phenoxy) is 1. The van der Waals surface area contributed by atoms with E-state index in [4.69, 9.17) is 4.74 Å². The second-order valence-electron chi connectivity index (χ2n) is 8.06. The van der Waals surface area contributed by atoms with Crippen molar-refractivity contribution in [2.45, 2.75) is 12.8 Å². The first-order valence-electron chi connectivity index (χ1n) is 10.8. The summed E-state index contributed by atoms with van der Waals surface area (Å²) in [5.74, 6) is -3.80. The molecule has 0 aromatic heterocycles. The van der Waals surface area contributed by atoms with Gasteiger partial charge in [-0.05, 0) is 34.4 Å². The lowest BCUT2D eigenvalue weighted by Crippen LogP contribution is -2.35. The van der Waals surface area contributed by atoms with E-state index in [-0.39, 0.29) is 24.8 Å². The first-order chi connectivity index (χ1) is 16.4. The van der Waals surface area contributed by atoms with Crippen molar-refractivity contribution in [3.63, 3.8) is 0 Å². The lowest BCUT2D eigenvalue weighted by atomic mass is 9.98. The SMILES string of the molecule is CC(CNC(=O)OCC1c2ccccc2-c2ccccc21)C(=O)Nc1cccc(F)c1C(=O)O. The number of anilines is 1. The van der Waals surface area contributed by atoms with Crippen molar-refractivity contribution >= 4 is 23.7 Å². The van der Waals surface area contributed by atoms with E-state index in [0.29, 0.717) is 0 Å². The Morgan fingerprint density at radius 1 is 0.971 bits per heavy atom. The van der Waals surface area contributed by atoms with Crippen LogP contribution in [0.2, 0.25) is 0 Å². The average molecular weight is 462 g/mol. The lowest BCUT2D eigenvalue weighted by Gasteiger charge is -2.16. The minimum atomic E-state index is -1.49. The summed E-state index contributed by atoms with van der Waals surface area (Å²) >= 11 is 0. The molecule has 3 aromatic rings. The molecule has 0 saturated heterocycles. The topological polar surface area (TPSA) is 105 Å². The molecule has 174 valence electrons. The highest BCUT2D eigenvalue weighted by Gasteiger charge is 2.29. The van der Waals surface area contributed by atoms with Crippen LogP contribution in [0.25, 0.3) is 11.1 Å². The number of aromatic carboxylic acids is 1. The molecule has 1 aliphatic carbocycles. The predicted octanol–water partition coefficient (Wildman–Crippen LogP) is 4.64. The molecule has 0 radical (unpaired) electrons. The van der Waals surface area contributed by atoms with Crippen LogP contribution in [0.15, 0.2) is 66.7 Å². The summed E-state index contributed by atoms with van der Waals surface area (Å²) in [6.07, 6.45) is -0.668. The van der Waals surface area contributed by atoms with Gasteiger partial charge in [0.1, 0.15) is 18.0 Å². The second kappa shape index (κ2) is 9.74. The van der Waals surface area contributed by atoms with Gasteiger partial charge in [-0.25, -0.2) is 14.0 Å². The Morgan fingerprint density at radius 2 is 1.59 bits per heavy atom. The number of halogens is 1. The molecule has 1 atom stereocenters. The van der Waals surface area contributed by atoms with Gasteiger partial charge in [-0.15, -0.1) is 0 Å². The summed E-state index contributed by atoms with van der Waals surface area (Å²) in [5, 5.41) is 14.1. The number of hydrogen-bond acceptors (Lipinski definition) is 4. The summed E-state index contributed by atoms with van der Waals surface area (Å²) in [5.41, 5.74) is 3.66. The molecular formula is C26H23FN2O5. The third kappa shape index (κ3) is 4.61. The standard InChI is InChI=1S/C26H23FN2O5/c1-15(24(30)29-22-12-6-11-21(27)23(22)25(31)32)13-28-26(33)34-14-20-18-9-4-2-7-16(18)17-8-3-5-10-19(17)20/h2-12,15,20H,13-14H2,1H3,(H,28,33)(H,29,30)(H,31,32). The molecule has 0 spiro atoms. The van der Waals surface area contributed by atoms with Gasteiger partial charge in [0.25, 0.3) is 0 Å². The third-order valence-corrected chi connectivity index (χ3v) is 5.83. The van der Waals surface area contributed by atoms with E-state index in [0.717, 1.165) is 28.3 Å². The highest BCUT2D eigenvalue weighted by molar-refractivity contribution is 6.01. The van der Waals surface area contributed by atoms with E-state index in [1.54, 1.807) is 6.92 Å². The number of rotatable bonds is 7. The molecule has 0 fully saturated rings. The molecule has 1 unspecified atom stereocenters. The van der Waals surface area contributed by atoms with Crippen LogP contribution in [0.3, 0.4) is 0 Å². The normalized spacial score (nSPS) is 12.9. The number of carbonyl (C=O) groups excluding carboxylic acids is 2. The molecule has 4 rings (SSSR count). The Bertz CT molecular complexity index is 1210. The number of fused-ring (bicyclic) bond motifs is 3. The number of carboxylic acids is 1. The first kappa shape index (κ1) is 23.0. The molecule has 34 heavy (non-hydrogen) atoms. The Balaban J connectivity index is 1.32. The van der Waals surface area contributed by atoms with Crippen LogP contribution in [0.1, 0.15) is 34.3 Å². The zero-order chi connectivity index (χ0) is 24.2. The fourth-order valence-corrected chi connectivity index (χ4v) is 4.08. The maximum atomic E-state index is 13.8. The minimum absolute atomic E-state index is 0.0414. The van der Waals surface area contributed by atoms with Crippen molar-refractivity contribution < 1.29 is 28.6 Å². The molecular weight excluding hydrogens is 439 g/mol. The van der Waals surface area contributed by atoms with Gasteiger partial charge < -0.3 is 20.5 Å². The van der Waals surface area contributed by atoms with Crippen molar-refractivity contribution in [1.82, 2.24) is 5.32 Å². The van der Waals surface area contributed by atoms with Crippen LogP contribution in [0.4, 0.5) is 14.9 Å². The monoisotopic (exact) mass is 462 g/mol. The number of nitrogens with one attached hydrogen (secondary N) is 2. The molecule has 0 bridgehead atoms. The van der Waals surface area contributed by atoms with Crippen LogP contribution >= 0.6 is 0 Å². The Labute approximate surface area is 195 Å². The van der Waals surface area contributed by atoms with E-state index < -0.39 is 35.3 Å². The third-order valence-electron chi connectivity index (χ3n) is 5.83. The lowest BCUT2D eigenvalue weighted by molar-refractivity contribution is -0.119. The van der Waals surface area contributed by atoms with Crippen molar-refractivity contribution in [1.29, 1.82) is 0 Å². The highest BCUT2D eigenvalue weighted by atomic mass is 19.1. The van der Waals surface area contributed by atoms with E-state index in [2.05, 4.69) is 10.6 Å². The fourth-order valence-electron chi connectivity index (χ4n) is 4.08. The molecule has 0 saturated carbocycles. The highest BCUT2D eigenvalue weighted by Crippen LogP contribution is 2.44. The minimum Gasteiger partial charge on any atom is -0.478 e. The number of amides is 2. The number of alkyl carbamates (subject to hydrolysis) is 1. The molecule has 7 nitrogen and oxygen atoms in total. The average Bonchev–Trinajstić information content (AvgIpc) is 3.14. The number of carboxylic acid groups (broad SMARTS) is 1. The zero-order valence-electron chi connectivity index (χ0n) is 18.4. The van der Waals surface area contributed by atoms with E-state index >= 15 is 0 Å². The summed E-state index contributed by atoms with van der Waals surface area (Å²) in [7, 11) is 0. The summed E-state index contributed by atoms with van der Waals surface area (Å²) in [6, 6.07) is 19.6. The van der Waals surface area contributed by atoms with Gasteiger partial charge in [-0.2, -0.15) is 0 Å². The quantitative estimate of drug-likeness (QED) is 0.475. The fraction of sp³-hybridized carbons (Fsp3) is 0.192. The zero-order valence-corrected chi connectivity index (χ0v) is 18.4. The number of benzene rings is 3. The molecule has 1 aliphatic rings. The first-order valence-corrected chi connectivity index (χ1v) is 10.8. The van der Waals surface area contributed by atoms with Crippen LogP contribution in [-0.2, 0) is 9.53 Å². The van der Waals surface area contributed by atoms with Gasteiger partial charge in [0.05, 0.1) is 11.6 Å². The Kier molecular flexibility index (Phi) is 6.58. The summed E-state index contributed by atoms with van der Waals surface area (Å²) < 4.78 is 19.2. The molecule has 8 heteroatoms. The Hall–Kier alpha value is -4.20. The van der Waals surface area contributed by atoms with Crippen LogP contribution in [0, 0.1) is 11.7 Å². The van der Waals surface area contributed by atoms with Gasteiger partial charge in [0, 0.05) is 12.5 Å². The van der Waals surface area contributed by atoms with Crippen molar-refractivity contribution in [3.8, 4) is 11.1 Å². The molecule has 3 N–H and O–H groups in total. The maximum absolute atomic E-state index is 13.8. The van der Waals surface area contributed by atoms with Gasteiger partial charge in [0.15, 0.2) is 0 Å². The smallest absolute Gasteiger partial charge is 0.407 e. The van der Waals surface area contributed by atoms with E-state index in [9.17, 15) is 23.9 Å². The molecule has 2 amide bonds. The number of carbonyl (C=O) groups is 3. The van der Waals surface area contributed by atoms with Crippen LogP contribution in [-0.4, -0.2) is 36.2 Å². The van der Waals surface area contributed by atoms with Crippen molar-refractivity contribution in [2.75, 3.05) is 18.5 Å². The maximum Gasteiger partial charge on any atom is 0.407 e. The molecule has 0 heterocycles. The summed E-state index contributed by atoms with van der Waals surface area (Å²) in [4.78, 5) is 36.0. The largest absolute Gasteiger partial charge is 0.478 e. The van der Waals surface area contributed by atoms with Crippen LogP contribution in [0.5, 0.6) is 0 Å². The van der Waals surface area contributed by atoms with E-state index in [1.165, 1.54) is 12.1 Å². The molecule has 0 aliphatic heterocycles. The second-order valence-corrected chi connectivity index (χ2v) is 8.06. The van der Waals surface area contributed by atoms with Crippen molar-refractivity contribution in [3.05, 3.63) is 89.2 Å². The van der Waals surface area contributed by atoms with Gasteiger partial charge >= 0.3 is 12.1 Å². The van der Waals surface area contributed by atoms with Gasteiger partial charge in [-0.1, -0.05) is 61.5 Å².